The van der Waals surface area contributed by atoms with Gasteiger partial charge in [-0.1, -0.05) is 0 Å². The molecule has 2 heterocycles. The summed E-state index contributed by atoms with van der Waals surface area (Å²) in [5.41, 5.74) is 1.29. The summed E-state index contributed by atoms with van der Waals surface area (Å²) in [7, 11) is 0. The minimum Gasteiger partial charge on any atom is -0.462 e. The second-order valence-electron chi connectivity index (χ2n) is 4.95. The van der Waals surface area contributed by atoms with Gasteiger partial charge in [0.05, 0.1) is 12.3 Å². The van der Waals surface area contributed by atoms with E-state index in [9.17, 15) is 4.79 Å². The van der Waals surface area contributed by atoms with Gasteiger partial charge >= 0.3 is 5.97 Å². The van der Waals surface area contributed by atoms with Crippen LogP contribution < -0.4 is 5.32 Å². The van der Waals surface area contributed by atoms with Gasteiger partial charge in [-0.3, -0.25) is 0 Å². The van der Waals surface area contributed by atoms with E-state index in [1.165, 1.54) is 21.3 Å². The van der Waals surface area contributed by atoms with E-state index in [1.54, 1.807) is 11.3 Å². The highest BCUT2D eigenvalue weighted by Crippen LogP contribution is 2.27. The molecule has 1 atom stereocenters. The molecule has 1 unspecified atom stereocenters. The molecule has 2 aromatic rings. The Morgan fingerprint density at radius 2 is 2.19 bits per heavy atom. The molecule has 1 N–H and O–H groups in total. The molecule has 0 spiro atoms. The fourth-order valence-corrected chi connectivity index (χ4v) is 4.00. The van der Waals surface area contributed by atoms with E-state index in [-0.39, 0.29) is 12.0 Å². The standard InChI is InChI=1S/C15H20N2O2S2/c1-5-19-15(18)13-11(4)17-21-14(13)16-9(2)8-12-7-6-10(3)20-12/h6-7,9,16H,5,8H2,1-4H3. The van der Waals surface area contributed by atoms with Crippen molar-refractivity contribution in [1.82, 2.24) is 4.37 Å². The number of carbonyl (C=O) groups is 1. The van der Waals surface area contributed by atoms with Crippen LogP contribution in [0.4, 0.5) is 5.00 Å². The van der Waals surface area contributed by atoms with Crippen molar-refractivity contribution in [3.05, 3.63) is 33.1 Å². The molecule has 6 heteroatoms. The molecule has 21 heavy (non-hydrogen) atoms. The molecule has 0 aliphatic heterocycles. The summed E-state index contributed by atoms with van der Waals surface area (Å²) in [5.74, 6) is -0.301. The van der Waals surface area contributed by atoms with E-state index in [2.05, 4.69) is 35.7 Å². The predicted octanol–water partition coefficient (Wildman–Crippen LogP) is 4.04. The highest BCUT2D eigenvalue weighted by Gasteiger charge is 2.20. The maximum absolute atomic E-state index is 12.0. The molecule has 0 aromatic carbocycles. The van der Waals surface area contributed by atoms with Crippen LogP contribution >= 0.6 is 22.9 Å². The lowest BCUT2D eigenvalue weighted by Crippen LogP contribution is -2.19. The zero-order chi connectivity index (χ0) is 15.4. The molecular weight excluding hydrogens is 304 g/mol. The lowest BCUT2D eigenvalue weighted by atomic mass is 10.2. The van der Waals surface area contributed by atoms with Gasteiger partial charge < -0.3 is 10.1 Å². The summed E-state index contributed by atoms with van der Waals surface area (Å²) in [4.78, 5) is 14.7. The normalized spacial score (nSPS) is 12.2. The van der Waals surface area contributed by atoms with Gasteiger partial charge in [0.2, 0.25) is 0 Å². The average molecular weight is 324 g/mol. The Hall–Kier alpha value is -1.40. The second-order valence-corrected chi connectivity index (χ2v) is 7.10. The monoisotopic (exact) mass is 324 g/mol. The van der Waals surface area contributed by atoms with E-state index in [4.69, 9.17) is 4.74 Å². The fourth-order valence-electron chi connectivity index (χ4n) is 2.08. The Kier molecular flexibility index (Phi) is 5.36. The zero-order valence-corrected chi connectivity index (χ0v) is 14.4. The highest BCUT2D eigenvalue weighted by molar-refractivity contribution is 7.12. The first-order chi connectivity index (χ1) is 10.0. The summed E-state index contributed by atoms with van der Waals surface area (Å²) in [6.07, 6.45) is 0.928. The quantitative estimate of drug-likeness (QED) is 0.815. The van der Waals surface area contributed by atoms with Crippen molar-refractivity contribution >= 4 is 33.8 Å². The molecule has 0 amide bonds. The Labute approximate surface area is 133 Å². The number of thiophene rings is 1. The first-order valence-electron chi connectivity index (χ1n) is 6.96. The van der Waals surface area contributed by atoms with E-state index >= 15 is 0 Å². The summed E-state index contributed by atoms with van der Waals surface area (Å²) in [5, 5.41) is 4.19. The van der Waals surface area contributed by atoms with Gasteiger partial charge in [-0.05, 0) is 51.4 Å². The van der Waals surface area contributed by atoms with E-state index in [0.717, 1.165) is 17.1 Å². The average Bonchev–Trinajstić information content (AvgIpc) is 2.96. The maximum atomic E-state index is 12.0. The third-order valence-electron chi connectivity index (χ3n) is 3.02. The second kappa shape index (κ2) is 7.04. The Bertz CT molecular complexity index is 619. The number of ether oxygens (including phenoxy) is 1. The molecule has 114 valence electrons. The summed E-state index contributed by atoms with van der Waals surface area (Å²) in [6, 6.07) is 4.52. The van der Waals surface area contributed by atoms with Crippen molar-refractivity contribution in [3.63, 3.8) is 0 Å². The topological polar surface area (TPSA) is 51.2 Å². The van der Waals surface area contributed by atoms with Crippen LogP contribution in [0.5, 0.6) is 0 Å². The molecular formula is C15H20N2O2S2. The van der Waals surface area contributed by atoms with Crippen molar-refractivity contribution in [2.45, 2.75) is 40.2 Å². The third kappa shape index (κ3) is 4.04. The van der Waals surface area contributed by atoms with E-state index < -0.39 is 0 Å². The molecule has 0 radical (unpaired) electrons. The predicted molar refractivity (Wildman–Crippen MR) is 88.7 cm³/mol. The van der Waals surface area contributed by atoms with Crippen molar-refractivity contribution in [3.8, 4) is 0 Å². The van der Waals surface area contributed by atoms with Crippen LogP contribution in [0, 0.1) is 13.8 Å². The maximum Gasteiger partial charge on any atom is 0.343 e. The number of hydrogen-bond acceptors (Lipinski definition) is 6. The van der Waals surface area contributed by atoms with Gasteiger partial charge in [-0.15, -0.1) is 11.3 Å². The third-order valence-corrected chi connectivity index (χ3v) is 4.92. The van der Waals surface area contributed by atoms with Gasteiger partial charge in [0.15, 0.2) is 0 Å². The number of nitrogens with one attached hydrogen (secondary N) is 1. The van der Waals surface area contributed by atoms with Crippen LogP contribution in [0.15, 0.2) is 12.1 Å². The lowest BCUT2D eigenvalue weighted by Gasteiger charge is -2.13. The largest absolute Gasteiger partial charge is 0.462 e. The SMILES string of the molecule is CCOC(=O)c1c(C)nsc1NC(C)Cc1ccc(C)s1. The van der Waals surface area contributed by atoms with E-state index in [0.29, 0.717) is 12.2 Å². The van der Waals surface area contributed by atoms with Crippen LogP contribution in [-0.2, 0) is 11.2 Å². The van der Waals surface area contributed by atoms with Crippen LogP contribution in [0.25, 0.3) is 0 Å². The van der Waals surface area contributed by atoms with Crippen molar-refractivity contribution < 1.29 is 9.53 Å². The summed E-state index contributed by atoms with van der Waals surface area (Å²) < 4.78 is 9.37. The molecule has 2 rings (SSSR count). The highest BCUT2D eigenvalue weighted by atomic mass is 32.1. The van der Waals surface area contributed by atoms with Crippen LogP contribution in [0.3, 0.4) is 0 Å². The van der Waals surface area contributed by atoms with Crippen LogP contribution in [-0.4, -0.2) is 23.0 Å². The number of nitrogens with zero attached hydrogens (tertiary/aromatic N) is 1. The van der Waals surface area contributed by atoms with Gasteiger partial charge in [0, 0.05) is 22.2 Å². The van der Waals surface area contributed by atoms with Crippen molar-refractivity contribution in [1.29, 1.82) is 0 Å². The molecule has 4 nitrogen and oxygen atoms in total. The molecule has 0 bridgehead atoms. The Morgan fingerprint density at radius 3 is 2.81 bits per heavy atom. The van der Waals surface area contributed by atoms with Crippen molar-refractivity contribution in [2.75, 3.05) is 11.9 Å². The molecule has 0 fully saturated rings. The summed E-state index contributed by atoms with van der Waals surface area (Å²) >= 11 is 3.12. The van der Waals surface area contributed by atoms with Crippen LogP contribution in [0.2, 0.25) is 0 Å². The van der Waals surface area contributed by atoms with Crippen molar-refractivity contribution in [2.24, 2.45) is 0 Å². The van der Waals surface area contributed by atoms with Crippen LogP contribution in [0.1, 0.15) is 39.7 Å². The Morgan fingerprint density at radius 1 is 1.43 bits per heavy atom. The van der Waals surface area contributed by atoms with Gasteiger partial charge in [-0.2, -0.15) is 4.37 Å². The minimum absolute atomic E-state index is 0.232. The number of aryl methyl sites for hydroxylation is 2. The number of aromatic nitrogens is 1. The zero-order valence-electron chi connectivity index (χ0n) is 12.7. The molecule has 0 aliphatic rings. The first-order valence-corrected chi connectivity index (χ1v) is 8.55. The number of hydrogen-bond donors (Lipinski definition) is 1. The minimum atomic E-state index is -0.301. The molecule has 2 aromatic heterocycles. The Balaban J connectivity index is 2.07. The summed E-state index contributed by atoms with van der Waals surface area (Å²) in [6.45, 7) is 8.23. The first kappa shape index (κ1) is 16.0. The number of esters is 1. The number of rotatable bonds is 6. The molecule has 0 aliphatic carbocycles. The molecule has 0 saturated carbocycles. The lowest BCUT2D eigenvalue weighted by molar-refractivity contribution is 0.0527. The number of carbonyl (C=O) groups excluding carboxylic acids is 1. The van der Waals surface area contributed by atoms with Gasteiger partial charge in [-0.25, -0.2) is 4.79 Å². The number of anilines is 1. The smallest absolute Gasteiger partial charge is 0.343 e. The van der Waals surface area contributed by atoms with E-state index in [1.807, 2.05) is 13.8 Å². The van der Waals surface area contributed by atoms with Gasteiger partial charge in [0.25, 0.3) is 0 Å². The van der Waals surface area contributed by atoms with Gasteiger partial charge in [0.1, 0.15) is 10.6 Å². The fraction of sp³-hybridized carbons (Fsp3) is 0.467. The molecule has 0 saturated heterocycles.